The van der Waals surface area contributed by atoms with E-state index >= 15 is 0 Å². The average molecular weight is 298 g/mol. The van der Waals surface area contributed by atoms with Crippen molar-refractivity contribution in [1.82, 2.24) is 10.2 Å². The van der Waals surface area contributed by atoms with E-state index < -0.39 is 11.1 Å². The van der Waals surface area contributed by atoms with Gasteiger partial charge >= 0.3 is 0 Å². The van der Waals surface area contributed by atoms with Gasteiger partial charge in [0.15, 0.2) is 0 Å². The molecule has 1 saturated carbocycles. The molecule has 1 spiro atoms. The van der Waals surface area contributed by atoms with Crippen LogP contribution in [-0.4, -0.2) is 46.3 Å². The molecule has 5 heteroatoms. The van der Waals surface area contributed by atoms with Crippen LogP contribution in [0.15, 0.2) is 0 Å². The van der Waals surface area contributed by atoms with Gasteiger partial charge in [-0.2, -0.15) is 11.8 Å². The molecule has 0 radical (unpaired) electrons. The molecule has 0 aromatic carbocycles. The maximum atomic E-state index is 13.0. The van der Waals surface area contributed by atoms with Gasteiger partial charge in [-0.1, -0.05) is 19.3 Å². The Bertz CT molecular complexity index is 389. The highest BCUT2D eigenvalue weighted by Gasteiger charge is 2.54. The van der Waals surface area contributed by atoms with Crippen molar-refractivity contribution in [2.45, 2.75) is 63.5 Å². The number of hydrogen-bond donors (Lipinski definition) is 1. The van der Waals surface area contributed by atoms with Crippen molar-refractivity contribution in [3.8, 4) is 0 Å². The van der Waals surface area contributed by atoms with E-state index in [1.165, 1.54) is 6.42 Å². The quantitative estimate of drug-likeness (QED) is 0.809. The summed E-state index contributed by atoms with van der Waals surface area (Å²) in [6, 6.07) is 0. The molecule has 0 unspecified atom stereocenters. The second kappa shape index (κ2) is 5.96. The number of nitrogens with zero attached hydrogens (tertiary/aromatic N) is 1. The van der Waals surface area contributed by atoms with Crippen molar-refractivity contribution < 1.29 is 9.59 Å². The van der Waals surface area contributed by atoms with Gasteiger partial charge in [-0.25, -0.2) is 0 Å². The molecule has 2 amide bonds. The van der Waals surface area contributed by atoms with E-state index in [2.05, 4.69) is 11.6 Å². The standard InChI is InChI=1S/C15H26N2O2S/c1-14(2)12(18)16-15(8-5-4-6-9-15)13(19)17(14)10-7-11-20-3/h4-11H2,1-3H3,(H,16,18). The van der Waals surface area contributed by atoms with Crippen LogP contribution in [0.4, 0.5) is 0 Å². The molecule has 1 aliphatic heterocycles. The van der Waals surface area contributed by atoms with Crippen molar-refractivity contribution in [2.75, 3.05) is 18.6 Å². The summed E-state index contributed by atoms with van der Waals surface area (Å²) in [5.41, 5.74) is -1.33. The van der Waals surface area contributed by atoms with Gasteiger partial charge in [-0.3, -0.25) is 9.59 Å². The normalized spacial score (nSPS) is 24.9. The fourth-order valence-corrected chi connectivity index (χ4v) is 3.72. The third kappa shape index (κ3) is 2.69. The van der Waals surface area contributed by atoms with Crippen LogP contribution in [0.2, 0.25) is 0 Å². The van der Waals surface area contributed by atoms with E-state index in [1.807, 2.05) is 18.7 Å². The Morgan fingerprint density at radius 1 is 1.20 bits per heavy atom. The third-order valence-electron chi connectivity index (χ3n) is 4.68. The molecule has 0 aromatic rings. The maximum absolute atomic E-state index is 13.0. The van der Waals surface area contributed by atoms with E-state index in [0.29, 0.717) is 6.54 Å². The molecule has 1 N–H and O–H groups in total. The smallest absolute Gasteiger partial charge is 0.249 e. The third-order valence-corrected chi connectivity index (χ3v) is 5.37. The number of thioether (sulfide) groups is 1. The summed E-state index contributed by atoms with van der Waals surface area (Å²) in [4.78, 5) is 27.3. The molecule has 2 rings (SSSR count). The Balaban J connectivity index is 2.20. The van der Waals surface area contributed by atoms with E-state index in [0.717, 1.165) is 37.9 Å². The van der Waals surface area contributed by atoms with Gasteiger partial charge in [0.1, 0.15) is 11.1 Å². The van der Waals surface area contributed by atoms with Crippen LogP contribution in [0.25, 0.3) is 0 Å². The highest BCUT2D eigenvalue weighted by Crippen LogP contribution is 2.36. The molecule has 2 fully saturated rings. The number of carbonyl (C=O) groups is 2. The Morgan fingerprint density at radius 2 is 1.85 bits per heavy atom. The summed E-state index contributed by atoms with van der Waals surface area (Å²) in [6.45, 7) is 4.39. The molecule has 1 aliphatic carbocycles. The van der Waals surface area contributed by atoms with Crippen LogP contribution < -0.4 is 5.32 Å². The number of nitrogens with one attached hydrogen (secondary N) is 1. The summed E-state index contributed by atoms with van der Waals surface area (Å²) in [7, 11) is 0. The van der Waals surface area contributed by atoms with Crippen molar-refractivity contribution >= 4 is 23.6 Å². The molecule has 114 valence electrons. The molecule has 2 aliphatic rings. The summed E-state index contributed by atoms with van der Waals surface area (Å²) >= 11 is 1.78. The number of hydrogen-bond acceptors (Lipinski definition) is 3. The second-order valence-corrected chi connectivity index (χ2v) is 7.44. The fraction of sp³-hybridized carbons (Fsp3) is 0.867. The Morgan fingerprint density at radius 3 is 2.45 bits per heavy atom. The van der Waals surface area contributed by atoms with Crippen molar-refractivity contribution in [3.05, 3.63) is 0 Å². The van der Waals surface area contributed by atoms with E-state index in [1.54, 1.807) is 11.8 Å². The van der Waals surface area contributed by atoms with E-state index in [4.69, 9.17) is 0 Å². The lowest BCUT2D eigenvalue weighted by Crippen LogP contribution is -2.74. The van der Waals surface area contributed by atoms with Crippen LogP contribution in [0.1, 0.15) is 52.4 Å². The maximum Gasteiger partial charge on any atom is 0.249 e. The SMILES string of the molecule is CSCCCN1C(=O)C2(CCCCC2)NC(=O)C1(C)C. The topological polar surface area (TPSA) is 49.4 Å². The first-order valence-corrected chi connectivity index (χ1v) is 8.97. The molecule has 1 saturated heterocycles. The minimum absolute atomic E-state index is 0.00292. The predicted molar refractivity (Wildman–Crippen MR) is 82.7 cm³/mol. The first kappa shape index (κ1) is 15.7. The monoisotopic (exact) mass is 298 g/mol. The van der Waals surface area contributed by atoms with Gasteiger partial charge < -0.3 is 10.2 Å². The molecule has 0 aromatic heterocycles. The van der Waals surface area contributed by atoms with Crippen LogP contribution in [0.3, 0.4) is 0 Å². The van der Waals surface area contributed by atoms with Crippen LogP contribution in [0.5, 0.6) is 0 Å². The van der Waals surface area contributed by atoms with Crippen molar-refractivity contribution in [2.24, 2.45) is 0 Å². The van der Waals surface area contributed by atoms with Gasteiger partial charge in [0.05, 0.1) is 0 Å². The van der Waals surface area contributed by atoms with Crippen LogP contribution >= 0.6 is 11.8 Å². The first-order chi connectivity index (χ1) is 9.44. The molecule has 0 bridgehead atoms. The number of carbonyl (C=O) groups excluding carboxylic acids is 2. The minimum atomic E-state index is -0.724. The predicted octanol–water partition coefficient (Wildman–Crippen LogP) is 2.18. The molecular weight excluding hydrogens is 272 g/mol. The molecule has 1 heterocycles. The minimum Gasteiger partial charge on any atom is -0.340 e. The molecule has 20 heavy (non-hydrogen) atoms. The summed E-state index contributed by atoms with van der Waals surface area (Å²) in [5, 5.41) is 3.06. The lowest BCUT2D eigenvalue weighted by molar-refractivity contribution is -0.162. The van der Waals surface area contributed by atoms with Crippen molar-refractivity contribution in [1.29, 1.82) is 0 Å². The van der Waals surface area contributed by atoms with Gasteiger partial charge in [0.25, 0.3) is 0 Å². The Labute approximate surface area is 126 Å². The van der Waals surface area contributed by atoms with Gasteiger partial charge in [-0.15, -0.1) is 0 Å². The summed E-state index contributed by atoms with van der Waals surface area (Å²) in [5.74, 6) is 1.17. The lowest BCUT2D eigenvalue weighted by atomic mass is 9.76. The van der Waals surface area contributed by atoms with E-state index in [-0.39, 0.29) is 11.8 Å². The largest absolute Gasteiger partial charge is 0.340 e. The van der Waals surface area contributed by atoms with Gasteiger partial charge in [-0.05, 0) is 45.1 Å². The molecular formula is C15H26N2O2S. The number of amides is 2. The highest BCUT2D eigenvalue weighted by atomic mass is 32.2. The second-order valence-electron chi connectivity index (χ2n) is 6.46. The summed E-state index contributed by atoms with van der Waals surface area (Å²) in [6.07, 6.45) is 7.84. The van der Waals surface area contributed by atoms with E-state index in [9.17, 15) is 9.59 Å². The molecule has 4 nitrogen and oxygen atoms in total. The zero-order valence-electron chi connectivity index (χ0n) is 12.8. The fourth-order valence-electron chi connectivity index (χ4n) is 3.30. The Hall–Kier alpha value is -0.710. The Kier molecular flexibility index (Phi) is 4.67. The lowest BCUT2D eigenvalue weighted by Gasteiger charge is -2.51. The van der Waals surface area contributed by atoms with Gasteiger partial charge in [0, 0.05) is 6.54 Å². The van der Waals surface area contributed by atoms with Crippen LogP contribution in [0, 0.1) is 0 Å². The summed E-state index contributed by atoms with van der Waals surface area (Å²) < 4.78 is 0. The zero-order chi connectivity index (χ0) is 14.8. The number of rotatable bonds is 4. The molecule has 0 atom stereocenters. The van der Waals surface area contributed by atoms with Crippen LogP contribution in [-0.2, 0) is 9.59 Å². The average Bonchev–Trinajstić information content (AvgIpc) is 2.42. The van der Waals surface area contributed by atoms with Gasteiger partial charge in [0.2, 0.25) is 11.8 Å². The first-order valence-electron chi connectivity index (χ1n) is 7.58. The zero-order valence-corrected chi connectivity index (χ0v) is 13.6. The highest BCUT2D eigenvalue weighted by molar-refractivity contribution is 7.98. The van der Waals surface area contributed by atoms with Crippen molar-refractivity contribution in [3.63, 3.8) is 0 Å². The number of piperazine rings is 1.